The standard InChI is InChI=1S/C59H107NO3/c1-3-5-7-9-11-13-15-17-18-19-20-21-22-23-24-25-26-27-28-29-30-31-32-33-34-35-36-37-38-39-40-41-42-43-45-47-49-51-53-55-59(63)60-57(56-61)58(62)54-52-50-48-46-44-16-14-12-10-8-6-4-2/h10,12,15,17,19-20,22-23,44,46,52,54,57-58,61-62H,3-9,11,13-14,16,18,21,24-43,45,47-51,53,55-56H2,1-2H3,(H,60,63)/b12-10+,17-15-,20-19-,23-22-,46-44+,54-52+. The van der Waals surface area contributed by atoms with Crippen LogP contribution in [0.1, 0.15) is 277 Å². The first-order chi connectivity index (χ1) is 31.2. The van der Waals surface area contributed by atoms with Gasteiger partial charge in [-0.2, -0.15) is 0 Å². The lowest BCUT2D eigenvalue weighted by Crippen LogP contribution is -2.45. The molecule has 3 N–H and O–H groups in total. The summed E-state index contributed by atoms with van der Waals surface area (Å²) in [6.45, 7) is 4.24. The highest BCUT2D eigenvalue weighted by molar-refractivity contribution is 5.76. The summed E-state index contributed by atoms with van der Waals surface area (Å²) in [4.78, 5) is 12.4. The number of hydrogen-bond donors (Lipinski definition) is 3. The van der Waals surface area contributed by atoms with E-state index in [9.17, 15) is 15.0 Å². The predicted molar refractivity (Wildman–Crippen MR) is 281 cm³/mol. The van der Waals surface area contributed by atoms with E-state index in [0.717, 1.165) is 51.4 Å². The number of aliphatic hydroxyl groups excluding tert-OH is 2. The first kappa shape index (κ1) is 60.8. The molecule has 0 aliphatic rings. The summed E-state index contributed by atoms with van der Waals surface area (Å²) in [6, 6.07) is -0.645. The second-order valence-electron chi connectivity index (χ2n) is 18.6. The number of carbonyl (C=O) groups is 1. The van der Waals surface area contributed by atoms with E-state index in [0.29, 0.717) is 6.42 Å². The quantitative estimate of drug-likeness (QED) is 0.0421. The molecular formula is C59H107NO3. The zero-order valence-corrected chi connectivity index (χ0v) is 42.1. The highest BCUT2D eigenvalue weighted by Crippen LogP contribution is 2.16. The van der Waals surface area contributed by atoms with Crippen molar-refractivity contribution in [2.45, 2.75) is 289 Å². The molecule has 0 spiro atoms. The minimum absolute atomic E-state index is 0.0774. The third-order valence-electron chi connectivity index (χ3n) is 12.4. The molecule has 0 aliphatic heterocycles. The van der Waals surface area contributed by atoms with E-state index < -0.39 is 12.1 Å². The average molecular weight is 879 g/mol. The van der Waals surface area contributed by atoms with Gasteiger partial charge in [-0.1, -0.05) is 267 Å². The molecule has 1 amide bonds. The Hall–Kier alpha value is -2.17. The number of rotatable bonds is 50. The van der Waals surface area contributed by atoms with Crippen LogP contribution in [-0.2, 0) is 4.79 Å². The Labute approximate surface area is 393 Å². The van der Waals surface area contributed by atoms with E-state index in [1.165, 1.54) is 205 Å². The van der Waals surface area contributed by atoms with Gasteiger partial charge < -0.3 is 15.5 Å². The fourth-order valence-electron chi connectivity index (χ4n) is 8.15. The first-order valence-electron chi connectivity index (χ1n) is 27.7. The molecule has 0 heterocycles. The molecule has 366 valence electrons. The fourth-order valence-corrected chi connectivity index (χ4v) is 8.15. The molecule has 0 saturated heterocycles. The van der Waals surface area contributed by atoms with Crippen LogP contribution in [-0.4, -0.2) is 34.9 Å². The van der Waals surface area contributed by atoms with E-state index >= 15 is 0 Å². The number of hydrogen-bond acceptors (Lipinski definition) is 3. The number of nitrogens with one attached hydrogen (secondary N) is 1. The van der Waals surface area contributed by atoms with Crippen LogP contribution in [0.2, 0.25) is 0 Å². The van der Waals surface area contributed by atoms with Crippen LogP contribution < -0.4 is 5.32 Å². The Balaban J connectivity index is 3.42. The summed E-state index contributed by atoms with van der Waals surface area (Å²) in [5.41, 5.74) is 0. The molecule has 0 rings (SSSR count). The van der Waals surface area contributed by atoms with Crippen LogP contribution >= 0.6 is 0 Å². The van der Waals surface area contributed by atoms with E-state index in [4.69, 9.17) is 0 Å². The second-order valence-corrected chi connectivity index (χ2v) is 18.6. The summed E-state index contributed by atoms with van der Waals surface area (Å²) in [7, 11) is 0. The van der Waals surface area contributed by atoms with Crippen LogP contribution in [0.25, 0.3) is 0 Å². The second kappa shape index (κ2) is 54.2. The largest absolute Gasteiger partial charge is 0.394 e. The maximum absolute atomic E-state index is 12.4. The third kappa shape index (κ3) is 50.7. The van der Waals surface area contributed by atoms with E-state index in [1.807, 2.05) is 6.08 Å². The van der Waals surface area contributed by atoms with Gasteiger partial charge in [0.2, 0.25) is 5.91 Å². The molecule has 0 saturated carbocycles. The zero-order chi connectivity index (χ0) is 45.6. The van der Waals surface area contributed by atoms with Crippen molar-refractivity contribution in [2.24, 2.45) is 0 Å². The fraction of sp³-hybridized carbons (Fsp3) is 0.780. The molecule has 2 atom stereocenters. The first-order valence-corrected chi connectivity index (χ1v) is 27.7. The SMILES string of the molecule is CCCC/C=C/CC/C=C/CC/C=C/C(O)C(CO)NC(=O)CCCCCCCCCCCCCCCCCCCCCCCCCC/C=C\C/C=C\C/C=C\CCCCCCC. The van der Waals surface area contributed by atoms with Gasteiger partial charge in [0, 0.05) is 6.42 Å². The van der Waals surface area contributed by atoms with Gasteiger partial charge in [0.15, 0.2) is 0 Å². The number of amides is 1. The zero-order valence-electron chi connectivity index (χ0n) is 42.1. The lowest BCUT2D eigenvalue weighted by atomic mass is 10.0. The van der Waals surface area contributed by atoms with Gasteiger partial charge in [-0.25, -0.2) is 0 Å². The summed E-state index contributed by atoms with van der Waals surface area (Å²) < 4.78 is 0. The Morgan fingerprint density at radius 3 is 1.08 bits per heavy atom. The van der Waals surface area contributed by atoms with Crippen molar-refractivity contribution in [3.63, 3.8) is 0 Å². The molecule has 0 aromatic heterocycles. The summed E-state index contributed by atoms with van der Waals surface area (Å²) in [6.07, 6.45) is 77.9. The molecule has 2 unspecified atom stereocenters. The maximum atomic E-state index is 12.4. The molecule has 0 aromatic carbocycles. The van der Waals surface area contributed by atoms with E-state index in [1.54, 1.807) is 6.08 Å². The normalized spacial score (nSPS) is 13.4. The third-order valence-corrected chi connectivity index (χ3v) is 12.4. The molecule has 4 nitrogen and oxygen atoms in total. The molecule has 4 heteroatoms. The van der Waals surface area contributed by atoms with Gasteiger partial charge >= 0.3 is 0 Å². The van der Waals surface area contributed by atoms with Gasteiger partial charge in [0.1, 0.15) is 0 Å². The van der Waals surface area contributed by atoms with Crippen LogP contribution in [0, 0.1) is 0 Å². The molecule has 63 heavy (non-hydrogen) atoms. The smallest absolute Gasteiger partial charge is 0.220 e. The van der Waals surface area contributed by atoms with Gasteiger partial charge in [-0.15, -0.1) is 0 Å². The van der Waals surface area contributed by atoms with Crippen LogP contribution in [0.3, 0.4) is 0 Å². The predicted octanol–water partition coefficient (Wildman–Crippen LogP) is 18.2. The number of carbonyl (C=O) groups excluding carboxylic acids is 1. The molecule has 0 aliphatic carbocycles. The Morgan fingerprint density at radius 2 is 0.683 bits per heavy atom. The van der Waals surface area contributed by atoms with E-state index in [-0.39, 0.29) is 12.5 Å². The topological polar surface area (TPSA) is 69.6 Å². The van der Waals surface area contributed by atoms with Gasteiger partial charge in [-0.05, 0) is 77.0 Å². The van der Waals surface area contributed by atoms with Crippen LogP contribution in [0.5, 0.6) is 0 Å². The van der Waals surface area contributed by atoms with Gasteiger partial charge in [0.25, 0.3) is 0 Å². The number of allylic oxidation sites excluding steroid dienone is 11. The summed E-state index contributed by atoms with van der Waals surface area (Å²) in [5.74, 6) is -0.0774. The summed E-state index contributed by atoms with van der Waals surface area (Å²) >= 11 is 0. The number of unbranched alkanes of at least 4 members (excludes halogenated alkanes) is 33. The van der Waals surface area contributed by atoms with Crippen LogP contribution in [0.15, 0.2) is 72.9 Å². The Morgan fingerprint density at radius 1 is 0.381 bits per heavy atom. The van der Waals surface area contributed by atoms with Crippen molar-refractivity contribution in [2.75, 3.05) is 6.61 Å². The van der Waals surface area contributed by atoms with Gasteiger partial charge in [0.05, 0.1) is 18.8 Å². The molecule has 0 bridgehead atoms. The molecular weight excluding hydrogens is 771 g/mol. The van der Waals surface area contributed by atoms with Crippen molar-refractivity contribution in [1.29, 1.82) is 0 Å². The van der Waals surface area contributed by atoms with Crippen molar-refractivity contribution in [3.05, 3.63) is 72.9 Å². The van der Waals surface area contributed by atoms with E-state index in [2.05, 4.69) is 79.9 Å². The van der Waals surface area contributed by atoms with Crippen molar-refractivity contribution in [3.8, 4) is 0 Å². The average Bonchev–Trinajstić information content (AvgIpc) is 3.29. The monoisotopic (exact) mass is 878 g/mol. The Kier molecular flexibility index (Phi) is 52.3. The minimum atomic E-state index is -0.869. The molecule has 0 aromatic rings. The lowest BCUT2D eigenvalue weighted by Gasteiger charge is -2.19. The highest BCUT2D eigenvalue weighted by Gasteiger charge is 2.17. The number of aliphatic hydroxyl groups is 2. The lowest BCUT2D eigenvalue weighted by molar-refractivity contribution is -0.123. The van der Waals surface area contributed by atoms with Crippen molar-refractivity contribution < 1.29 is 15.0 Å². The summed E-state index contributed by atoms with van der Waals surface area (Å²) in [5, 5.41) is 23.0. The van der Waals surface area contributed by atoms with Crippen molar-refractivity contribution >= 4 is 5.91 Å². The highest BCUT2D eigenvalue weighted by atomic mass is 16.3. The molecule has 0 radical (unpaired) electrons. The van der Waals surface area contributed by atoms with Crippen LogP contribution in [0.4, 0.5) is 0 Å². The van der Waals surface area contributed by atoms with Crippen molar-refractivity contribution in [1.82, 2.24) is 5.32 Å². The minimum Gasteiger partial charge on any atom is -0.394 e. The van der Waals surface area contributed by atoms with Gasteiger partial charge in [-0.3, -0.25) is 4.79 Å². The molecule has 0 fully saturated rings. The maximum Gasteiger partial charge on any atom is 0.220 e. The Bertz CT molecular complexity index is 1090.